The molecule has 0 N–H and O–H groups in total. The highest BCUT2D eigenvalue weighted by molar-refractivity contribution is 7.86. The molecule has 0 radical (unpaired) electrons. The van der Waals surface area contributed by atoms with Crippen LogP contribution in [0.4, 0.5) is 0 Å². The molecule has 2 heterocycles. The van der Waals surface area contributed by atoms with Gasteiger partial charge < -0.3 is 9.15 Å². The standard InChI is InChI=1S/C16H24N2O4S/c1-12-10-15(12)16-5-4-14(22-16)11-18(13-2-3-13)23(19,20)17-6-8-21-9-7-17/h4-5,12-13,15H,2-3,6-11H2,1H3/t12-,15-/m1/s1. The van der Waals surface area contributed by atoms with Gasteiger partial charge in [0.05, 0.1) is 19.8 Å². The van der Waals surface area contributed by atoms with E-state index in [9.17, 15) is 8.42 Å². The molecule has 7 heteroatoms. The predicted octanol–water partition coefficient (Wildman–Crippen LogP) is 1.94. The van der Waals surface area contributed by atoms with Gasteiger partial charge in [-0.25, -0.2) is 0 Å². The van der Waals surface area contributed by atoms with Crippen LogP contribution in [0, 0.1) is 5.92 Å². The topological polar surface area (TPSA) is 63.0 Å². The smallest absolute Gasteiger partial charge is 0.282 e. The minimum absolute atomic E-state index is 0.122. The Morgan fingerprint density at radius 3 is 2.57 bits per heavy atom. The lowest BCUT2D eigenvalue weighted by Crippen LogP contribution is -2.49. The largest absolute Gasteiger partial charge is 0.464 e. The van der Waals surface area contributed by atoms with Crippen LogP contribution >= 0.6 is 0 Å². The van der Waals surface area contributed by atoms with Gasteiger partial charge in [0.2, 0.25) is 0 Å². The lowest BCUT2D eigenvalue weighted by atomic mass is 10.3. The molecule has 2 atom stereocenters. The van der Waals surface area contributed by atoms with Gasteiger partial charge in [-0.3, -0.25) is 0 Å². The molecule has 2 saturated carbocycles. The molecular formula is C16H24N2O4S. The minimum Gasteiger partial charge on any atom is -0.464 e. The molecule has 4 rings (SSSR count). The number of ether oxygens (including phenoxy) is 1. The molecular weight excluding hydrogens is 316 g/mol. The van der Waals surface area contributed by atoms with E-state index in [0.29, 0.717) is 44.7 Å². The summed E-state index contributed by atoms with van der Waals surface area (Å²) in [5, 5.41) is 0. The number of hydrogen-bond acceptors (Lipinski definition) is 4. The molecule has 1 aromatic heterocycles. The zero-order valence-electron chi connectivity index (χ0n) is 13.5. The highest BCUT2D eigenvalue weighted by atomic mass is 32.2. The maximum absolute atomic E-state index is 12.9. The van der Waals surface area contributed by atoms with Crippen molar-refractivity contribution in [3.8, 4) is 0 Å². The molecule has 0 amide bonds. The van der Waals surface area contributed by atoms with Gasteiger partial charge in [0.15, 0.2) is 0 Å². The van der Waals surface area contributed by atoms with E-state index in [-0.39, 0.29) is 6.04 Å². The normalized spacial score (nSPS) is 29.1. The highest BCUT2D eigenvalue weighted by Crippen LogP contribution is 2.47. The van der Waals surface area contributed by atoms with Gasteiger partial charge in [0.1, 0.15) is 11.5 Å². The molecule has 1 aliphatic heterocycles. The van der Waals surface area contributed by atoms with E-state index in [1.807, 2.05) is 12.1 Å². The van der Waals surface area contributed by atoms with Crippen LogP contribution < -0.4 is 0 Å². The third-order valence-electron chi connectivity index (χ3n) is 5.02. The quantitative estimate of drug-likeness (QED) is 0.794. The molecule has 1 saturated heterocycles. The molecule has 0 aromatic carbocycles. The second-order valence-electron chi connectivity index (χ2n) is 6.92. The molecule has 6 nitrogen and oxygen atoms in total. The van der Waals surface area contributed by atoms with E-state index in [1.165, 1.54) is 6.42 Å². The minimum atomic E-state index is -3.44. The summed E-state index contributed by atoms with van der Waals surface area (Å²) in [4.78, 5) is 0. The Balaban J connectivity index is 1.50. The first-order chi connectivity index (χ1) is 11.1. The van der Waals surface area contributed by atoms with Gasteiger partial charge in [-0.2, -0.15) is 17.0 Å². The maximum Gasteiger partial charge on any atom is 0.282 e. The molecule has 3 aliphatic rings. The maximum atomic E-state index is 12.9. The lowest BCUT2D eigenvalue weighted by Gasteiger charge is -2.31. The summed E-state index contributed by atoms with van der Waals surface area (Å²) in [5.41, 5.74) is 0. The van der Waals surface area contributed by atoms with Crippen LogP contribution in [0.2, 0.25) is 0 Å². The molecule has 23 heavy (non-hydrogen) atoms. The van der Waals surface area contributed by atoms with Crippen LogP contribution in [0.1, 0.15) is 43.6 Å². The van der Waals surface area contributed by atoms with E-state index in [1.54, 1.807) is 8.61 Å². The Morgan fingerprint density at radius 2 is 1.96 bits per heavy atom. The van der Waals surface area contributed by atoms with Crippen LogP contribution in [-0.2, 0) is 21.5 Å². The van der Waals surface area contributed by atoms with Crippen molar-refractivity contribution in [3.05, 3.63) is 23.7 Å². The Hall–Kier alpha value is -0.890. The molecule has 0 bridgehead atoms. The zero-order valence-corrected chi connectivity index (χ0v) is 14.3. The number of hydrogen-bond donors (Lipinski definition) is 0. The number of nitrogens with zero attached hydrogens (tertiary/aromatic N) is 2. The average Bonchev–Trinajstić information content (AvgIpc) is 3.47. The number of furan rings is 1. The van der Waals surface area contributed by atoms with Crippen molar-refractivity contribution in [2.75, 3.05) is 26.3 Å². The van der Waals surface area contributed by atoms with Crippen LogP contribution in [0.5, 0.6) is 0 Å². The van der Waals surface area contributed by atoms with Gasteiger partial charge in [0, 0.05) is 25.0 Å². The molecule has 0 unspecified atom stereocenters. The fourth-order valence-electron chi connectivity index (χ4n) is 3.24. The van der Waals surface area contributed by atoms with Crippen molar-refractivity contribution in [2.45, 2.75) is 44.7 Å². The zero-order chi connectivity index (χ0) is 16.0. The van der Waals surface area contributed by atoms with E-state index in [4.69, 9.17) is 9.15 Å². The first kappa shape index (κ1) is 15.6. The Bertz CT molecular complexity index is 661. The first-order valence-corrected chi connectivity index (χ1v) is 9.88. The summed E-state index contributed by atoms with van der Waals surface area (Å²) < 4.78 is 40.2. The molecule has 0 spiro atoms. The van der Waals surface area contributed by atoms with E-state index >= 15 is 0 Å². The van der Waals surface area contributed by atoms with Gasteiger partial charge in [0.25, 0.3) is 10.2 Å². The van der Waals surface area contributed by atoms with Crippen LogP contribution in [0.3, 0.4) is 0 Å². The van der Waals surface area contributed by atoms with Crippen LogP contribution in [0.15, 0.2) is 16.5 Å². The SMILES string of the molecule is C[C@@H]1C[C@H]1c1ccc(CN(C2CC2)S(=O)(=O)N2CCOCC2)o1. The summed E-state index contributed by atoms with van der Waals surface area (Å²) in [6, 6.07) is 4.07. The highest BCUT2D eigenvalue weighted by Gasteiger charge is 2.42. The van der Waals surface area contributed by atoms with Crippen molar-refractivity contribution in [1.29, 1.82) is 0 Å². The van der Waals surface area contributed by atoms with Crippen LogP contribution in [-0.4, -0.2) is 49.4 Å². The van der Waals surface area contributed by atoms with Crippen molar-refractivity contribution < 1.29 is 17.6 Å². The summed E-state index contributed by atoms with van der Waals surface area (Å²) >= 11 is 0. The molecule has 2 aliphatic carbocycles. The number of morpholine rings is 1. The second kappa shape index (κ2) is 5.88. The fourth-order valence-corrected chi connectivity index (χ4v) is 5.02. The van der Waals surface area contributed by atoms with E-state index < -0.39 is 10.2 Å². The van der Waals surface area contributed by atoms with Crippen molar-refractivity contribution >= 4 is 10.2 Å². The Labute approximate surface area is 137 Å². The third-order valence-corrected chi connectivity index (χ3v) is 7.05. The summed E-state index contributed by atoms with van der Waals surface area (Å²) in [7, 11) is -3.44. The van der Waals surface area contributed by atoms with Gasteiger partial charge in [-0.05, 0) is 37.3 Å². The summed E-state index contributed by atoms with van der Waals surface area (Å²) in [6.07, 6.45) is 3.05. The van der Waals surface area contributed by atoms with E-state index in [2.05, 4.69) is 6.92 Å². The predicted molar refractivity (Wildman–Crippen MR) is 85.1 cm³/mol. The monoisotopic (exact) mass is 340 g/mol. The second-order valence-corrected chi connectivity index (χ2v) is 8.80. The summed E-state index contributed by atoms with van der Waals surface area (Å²) in [6.45, 7) is 4.38. The van der Waals surface area contributed by atoms with E-state index in [0.717, 1.165) is 24.4 Å². The Kier molecular flexibility index (Phi) is 3.99. The van der Waals surface area contributed by atoms with Crippen molar-refractivity contribution in [3.63, 3.8) is 0 Å². The fraction of sp³-hybridized carbons (Fsp3) is 0.750. The molecule has 128 valence electrons. The van der Waals surface area contributed by atoms with Gasteiger partial charge >= 0.3 is 0 Å². The number of rotatable bonds is 6. The third kappa shape index (κ3) is 3.20. The first-order valence-electron chi connectivity index (χ1n) is 8.49. The Morgan fingerprint density at radius 1 is 1.26 bits per heavy atom. The molecule has 3 fully saturated rings. The van der Waals surface area contributed by atoms with Crippen LogP contribution in [0.25, 0.3) is 0 Å². The van der Waals surface area contributed by atoms with Crippen molar-refractivity contribution in [2.24, 2.45) is 5.92 Å². The summed E-state index contributed by atoms with van der Waals surface area (Å²) in [5.74, 6) is 2.97. The molecule has 1 aromatic rings. The van der Waals surface area contributed by atoms with Crippen molar-refractivity contribution in [1.82, 2.24) is 8.61 Å². The average molecular weight is 340 g/mol. The van der Waals surface area contributed by atoms with Gasteiger partial charge in [-0.1, -0.05) is 6.92 Å². The lowest BCUT2D eigenvalue weighted by molar-refractivity contribution is 0.0696. The van der Waals surface area contributed by atoms with Gasteiger partial charge in [-0.15, -0.1) is 0 Å².